The molecule has 2 unspecified atom stereocenters. The molecule has 0 amide bonds. The first-order chi connectivity index (χ1) is 6.77. The Morgan fingerprint density at radius 2 is 2.14 bits per heavy atom. The Morgan fingerprint density at radius 3 is 2.71 bits per heavy atom. The standard InChI is InChI=1S/C10H11NO3/c12-10(13)8-6-14-9(11-8)7-4-2-1-3-5-7/h1-5,8-9,11H,6H2,(H,12,13). The first-order valence-corrected chi connectivity index (χ1v) is 4.43. The molecular weight excluding hydrogens is 182 g/mol. The number of carbonyl (C=O) groups is 1. The van der Waals surface area contributed by atoms with Gasteiger partial charge >= 0.3 is 5.97 Å². The number of carboxylic acids is 1. The molecule has 0 aliphatic carbocycles. The fourth-order valence-corrected chi connectivity index (χ4v) is 1.43. The summed E-state index contributed by atoms with van der Waals surface area (Å²) in [5, 5.41) is 11.6. The molecule has 1 heterocycles. The molecular formula is C10H11NO3. The predicted molar refractivity (Wildman–Crippen MR) is 49.7 cm³/mol. The van der Waals surface area contributed by atoms with E-state index in [9.17, 15) is 4.79 Å². The van der Waals surface area contributed by atoms with Crippen molar-refractivity contribution < 1.29 is 14.6 Å². The number of benzene rings is 1. The number of hydrogen-bond acceptors (Lipinski definition) is 3. The van der Waals surface area contributed by atoms with Gasteiger partial charge in [-0.1, -0.05) is 30.3 Å². The van der Waals surface area contributed by atoms with Gasteiger partial charge in [0, 0.05) is 0 Å². The zero-order chi connectivity index (χ0) is 9.97. The summed E-state index contributed by atoms with van der Waals surface area (Å²) in [6.07, 6.45) is -0.294. The van der Waals surface area contributed by atoms with E-state index < -0.39 is 12.0 Å². The predicted octanol–water partition coefficient (Wildman–Crippen LogP) is 0.758. The highest BCUT2D eigenvalue weighted by molar-refractivity contribution is 5.74. The van der Waals surface area contributed by atoms with Crippen molar-refractivity contribution in [3.8, 4) is 0 Å². The monoisotopic (exact) mass is 193 g/mol. The van der Waals surface area contributed by atoms with Crippen molar-refractivity contribution in [3.05, 3.63) is 35.9 Å². The van der Waals surface area contributed by atoms with Gasteiger partial charge in [0.15, 0.2) is 0 Å². The molecule has 0 saturated carbocycles. The van der Waals surface area contributed by atoms with Gasteiger partial charge in [-0.25, -0.2) is 0 Å². The molecule has 14 heavy (non-hydrogen) atoms. The van der Waals surface area contributed by atoms with Crippen molar-refractivity contribution in [2.75, 3.05) is 6.61 Å². The van der Waals surface area contributed by atoms with Crippen LogP contribution in [0.5, 0.6) is 0 Å². The van der Waals surface area contributed by atoms with Crippen LogP contribution < -0.4 is 5.32 Å². The van der Waals surface area contributed by atoms with Crippen LogP contribution >= 0.6 is 0 Å². The Morgan fingerprint density at radius 1 is 1.43 bits per heavy atom. The highest BCUT2D eigenvalue weighted by Gasteiger charge is 2.30. The summed E-state index contributed by atoms with van der Waals surface area (Å²) in [5.74, 6) is -0.872. The molecule has 1 aromatic carbocycles. The summed E-state index contributed by atoms with van der Waals surface area (Å²) >= 11 is 0. The summed E-state index contributed by atoms with van der Waals surface area (Å²) in [6, 6.07) is 8.92. The maximum Gasteiger partial charge on any atom is 0.323 e. The second-order valence-electron chi connectivity index (χ2n) is 3.18. The molecule has 2 rings (SSSR count). The molecule has 1 aliphatic rings. The molecule has 1 fully saturated rings. The van der Waals surface area contributed by atoms with Crippen molar-refractivity contribution >= 4 is 5.97 Å². The molecule has 1 saturated heterocycles. The molecule has 0 spiro atoms. The molecule has 2 atom stereocenters. The van der Waals surface area contributed by atoms with Crippen LogP contribution in [0.15, 0.2) is 30.3 Å². The van der Waals surface area contributed by atoms with Crippen LogP contribution in [-0.2, 0) is 9.53 Å². The number of nitrogens with one attached hydrogen (secondary N) is 1. The lowest BCUT2D eigenvalue weighted by Gasteiger charge is -2.09. The fourth-order valence-electron chi connectivity index (χ4n) is 1.43. The van der Waals surface area contributed by atoms with Crippen molar-refractivity contribution in [2.24, 2.45) is 0 Å². The highest BCUT2D eigenvalue weighted by atomic mass is 16.5. The van der Waals surface area contributed by atoms with Crippen molar-refractivity contribution in [3.63, 3.8) is 0 Å². The molecule has 2 N–H and O–H groups in total. The Bertz CT molecular complexity index is 325. The van der Waals surface area contributed by atoms with Gasteiger partial charge in [0.05, 0.1) is 6.61 Å². The number of hydrogen-bond donors (Lipinski definition) is 2. The van der Waals surface area contributed by atoms with E-state index in [0.29, 0.717) is 0 Å². The number of aliphatic carboxylic acids is 1. The summed E-state index contributed by atoms with van der Waals surface area (Å²) < 4.78 is 5.32. The third-order valence-electron chi connectivity index (χ3n) is 2.18. The lowest BCUT2D eigenvalue weighted by Crippen LogP contribution is -2.33. The van der Waals surface area contributed by atoms with E-state index in [0.717, 1.165) is 5.56 Å². The normalized spacial score (nSPS) is 26.3. The zero-order valence-corrected chi connectivity index (χ0v) is 7.51. The van der Waals surface area contributed by atoms with Gasteiger partial charge in [-0.15, -0.1) is 0 Å². The minimum atomic E-state index is -0.872. The lowest BCUT2D eigenvalue weighted by atomic mass is 10.2. The first-order valence-electron chi connectivity index (χ1n) is 4.43. The van der Waals surface area contributed by atoms with Gasteiger partial charge < -0.3 is 9.84 Å². The lowest BCUT2D eigenvalue weighted by molar-refractivity contribution is -0.139. The van der Waals surface area contributed by atoms with E-state index >= 15 is 0 Å². The quantitative estimate of drug-likeness (QED) is 0.728. The Labute approximate surface area is 81.5 Å². The SMILES string of the molecule is O=C(O)C1COC(c2ccccc2)N1. The average molecular weight is 193 g/mol. The summed E-state index contributed by atoms with van der Waals surface area (Å²) in [6.45, 7) is 0.217. The van der Waals surface area contributed by atoms with E-state index in [1.54, 1.807) is 0 Å². The van der Waals surface area contributed by atoms with Crippen LogP contribution in [0, 0.1) is 0 Å². The van der Waals surface area contributed by atoms with E-state index in [1.807, 2.05) is 30.3 Å². The van der Waals surface area contributed by atoms with E-state index in [2.05, 4.69) is 5.32 Å². The first kappa shape index (κ1) is 9.18. The topological polar surface area (TPSA) is 58.6 Å². The zero-order valence-electron chi connectivity index (χ0n) is 7.51. The van der Waals surface area contributed by atoms with Crippen LogP contribution in [-0.4, -0.2) is 23.7 Å². The van der Waals surface area contributed by atoms with Crippen LogP contribution in [0.4, 0.5) is 0 Å². The number of carboxylic acid groups (broad SMARTS) is 1. The van der Waals surface area contributed by atoms with E-state index in [-0.39, 0.29) is 12.8 Å². The largest absolute Gasteiger partial charge is 0.480 e. The summed E-state index contributed by atoms with van der Waals surface area (Å²) in [4.78, 5) is 10.6. The molecule has 1 aliphatic heterocycles. The maximum atomic E-state index is 10.6. The third-order valence-corrected chi connectivity index (χ3v) is 2.18. The number of rotatable bonds is 2. The van der Waals surface area contributed by atoms with Gasteiger partial charge in [-0.3, -0.25) is 10.1 Å². The smallest absolute Gasteiger partial charge is 0.323 e. The van der Waals surface area contributed by atoms with Crippen LogP contribution in [0.3, 0.4) is 0 Å². The van der Waals surface area contributed by atoms with Crippen LogP contribution in [0.25, 0.3) is 0 Å². The Balaban J connectivity index is 2.06. The van der Waals surface area contributed by atoms with E-state index in [4.69, 9.17) is 9.84 Å². The molecule has 0 radical (unpaired) electrons. The Kier molecular flexibility index (Phi) is 2.47. The average Bonchev–Trinajstić information content (AvgIpc) is 2.68. The molecule has 0 aromatic heterocycles. The Hall–Kier alpha value is -1.39. The maximum absolute atomic E-state index is 10.6. The second kappa shape index (κ2) is 3.77. The molecule has 0 bridgehead atoms. The minimum Gasteiger partial charge on any atom is -0.480 e. The second-order valence-corrected chi connectivity index (χ2v) is 3.18. The van der Waals surface area contributed by atoms with Crippen LogP contribution in [0.1, 0.15) is 11.8 Å². The van der Waals surface area contributed by atoms with Crippen molar-refractivity contribution in [1.82, 2.24) is 5.32 Å². The molecule has 4 heteroatoms. The minimum absolute atomic E-state index is 0.217. The van der Waals surface area contributed by atoms with E-state index in [1.165, 1.54) is 0 Å². The van der Waals surface area contributed by atoms with Gasteiger partial charge in [-0.2, -0.15) is 0 Å². The number of ether oxygens (including phenoxy) is 1. The van der Waals surface area contributed by atoms with Gasteiger partial charge in [-0.05, 0) is 5.56 Å². The van der Waals surface area contributed by atoms with Gasteiger partial charge in [0.25, 0.3) is 0 Å². The molecule has 74 valence electrons. The molecule has 1 aromatic rings. The highest BCUT2D eigenvalue weighted by Crippen LogP contribution is 2.19. The van der Waals surface area contributed by atoms with Crippen molar-refractivity contribution in [2.45, 2.75) is 12.3 Å². The fraction of sp³-hybridized carbons (Fsp3) is 0.300. The van der Waals surface area contributed by atoms with Crippen LogP contribution in [0.2, 0.25) is 0 Å². The third kappa shape index (κ3) is 1.76. The summed E-state index contributed by atoms with van der Waals surface area (Å²) in [7, 11) is 0. The van der Waals surface area contributed by atoms with Gasteiger partial charge in [0.2, 0.25) is 0 Å². The summed E-state index contributed by atoms with van der Waals surface area (Å²) in [5.41, 5.74) is 0.955. The van der Waals surface area contributed by atoms with Crippen molar-refractivity contribution in [1.29, 1.82) is 0 Å². The molecule has 4 nitrogen and oxygen atoms in total. The van der Waals surface area contributed by atoms with Gasteiger partial charge in [0.1, 0.15) is 12.3 Å².